The number of carbonyl (C=O) groups is 3. The number of aliphatic hydroxyl groups is 7. The average molecular weight is 935 g/mol. The largest absolute Gasteiger partial charge is 0.472 e. The third-order valence-corrected chi connectivity index (χ3v) is 13.2. The second-order valence-electron chi connectivity index (χ2n) is 17.7. The lowest BCUT2D eigenvalue weighted by Crippen LogP contribution is -2.55. The van der Waals surface area contributed by atoms with Crippen molar-refractivity contribution in [2.24, 2.45) is 11.8 Å². The molecule has 1 aliphatic carbocycles. The standard InChI is InChI=1S/C47H83O16P/c1-3-5-7-8-9-10-11-12-13-14-15-16-17-18-24-28-41(52)62-35-32-60-40(51)27-23-20-19-22-26-36-38(49)31-39(50)37(30-29-34(48)25-21-6-4-2)43(54)45(56)47(46(57)44(55)42(36)53)63-64(58,59)61-33-35/h10-11,29-30,34-38,42-49,53-57H,3-9,12-28,31-33H2,1-2H3,(H,58,59)/b11-10-,30-29?/t34-,35+,36-,37-,38-,42+,43+,44-,45+,46+,47+/m0/s1. The Hall–Kier alpha value is -2.08. The van der Waals surface area contributed by atoms with E-state index in [0.29, 0.717) is 44.9 Å². The van der Waals surface area contributed by atoms with Gasteiger partial charge in [0.1, 0.15) is 36.8 Å². The number of rotatable bonds is 22. The molecule has 1 saturated carbocycles. The molecule has 2 fully saturated rings. The van der Waals surface area contributed by atoms with E-state index in [-0.39, 0.29) is 19.3 Å². The van der Waals surface area contributed by atoms with Gasteiger partial charge >= 0.3 is 19.8 Å². The minimum Gasteiger partial charge on any atom is -0.462 e. The molecule has 1 unspecified atom stereocenters. The lowest BCUT2D eigenvalue weighted by Gasteiger charge is -2.37. The van der Waals surface area contributed by atoms with Crippen molar-refractivity contribution in [3.8, 4) is 0 Å². The summed E-state index contributed by atoms with van der Waals surface area (Å²) in [5.74, 6) is -4.99. The third kappa shape index (κ3) is 23.6. The van der Waals surface area contributed by atoms with Gasteiger partial charge in [-0.1, -0.05) is 128 Å². The SMILES string of the molecule is CCCCCC/C=C\CCCCCCCCCC(=O)O[C@@H]1COC(=O)CCCCCC[C@@H]2[C@@H](O)[C@H](O)[C@@H](O)[C@H](OP(=O)(O)OC1)[C@H](O)[C@H](O)[C@@H](C=C[C@@H](O)CCCCC)C(=O)C[C@@H]2O. The summed E-state index contributed by atoms with van der Waals surface area (Å²) in [7, 11) is -5.45. The normalized spacial score (nSPS) is 31.6. The Kier molecular flexibility index (Phi) is 30.3. The van der Waals surface area contributed by atoms with Crippen LogP contribution in [0.5, 0.6) is 0 Å². The number of esters is 2. The Morgan fingerprint density at radius 1 is 0.750 bits per heavy atom. The summed E-state index contributed by atoms with van der Waals surface area (Å²) in [5, 5.41) is 78.6. The van der Waals surface area contributed by atoms with Crippen molar-refractivity contribution in [1.82, 2.24) is 0 Å². The Bertz CT molecular complexity index is 1390. The highest BCUT2D eigenvalue weighted by atomic mass is 31.2. The summed E-state index contributed by atoms with van der Waals surface area (Å²) in [5.41, 5.74) is 0. The number of fused-ring (bicyclic) bond motifs is 4. The minimum atomic E-state index is -5.45. The Balaban J connectivity index is 2.19. The quantitative estimate of drug-likeness (QED) is 0.0260. The fraction of sp³-hybridized carbons (Fsp3) is 0.851. The first-order chi connectivity index (χ1) is 30.6. The van der Waals surface area contributed by atoms with Crippen molar-refractivity contribution >= 4 is 25.5 Å². The maximum Gasteiger partial charge on any atom is 0.472 e. The van der Waals surface area contributed by atoms with E-state index in [2.05, 4.69) is 19.1 Å². The summed E-state index contributed by atoms with van der Waals surface area (Å²) < 4.78 is 34.7. The number of Topliss-reactive ketones (excluding diaryl/α,β-unsaturated/α-hetero) is 1. The van der Waals surface area contributed by atoms with E-state index >= 15 is 0 Å². The van der Waals surface area contributed by atoms with Crippen LogP contribution in [-0.4, -0.2) is 127 Å². The first kappa shape index (κ1) is 58.0. The van der Waals surface area contributed by atoms with Crippen molar-refractivity contribution in [3.63, 3.8) is 0 Å². The zero-order chi connectivity index (χ0) is 47.3. The van der Waals surface area contributed by atoms with Crippen molar-refractivity contribution < 1.29 is 78.1 Å². The van der Waals surface area contributed by atoms with Gasteiger partial charge in [-0.05, 0) is 51.4 Å². The van der Waals surface area contributed by atoms with E-state index in [1.165, 1.54) is 31.8 Å². The molecule has 12 atom stereocenters. The van der Waals surface area contributed by atoms with Gasteiger partial charge in [0.05, 0.1) is 36.9 Å². The number of ether oxygens (including phenoxy) is 2. The molecule has 0 radical (unpaired) electrons. The van der Waals surface area contributed by atoms with Crippen LogP contribution in [0.15, 0.2) is 24.3 Å². The molecule has 17 heteroatoms. The van der Waals surface area contributed by atoms with Gasteiger partial charge in [-0.3, -0.25) is 23.4 Å². The van der Waals surface area contributed by atoms with Gasteiger partial charge in [-0.25, -0.2) is 4.57 Å². The molecule has 1 saturated heterocycles. The van der Waals surface area contributed by atoms with Crippen LogP contribution >= 0.6 is 7.82 Å². The number of hydrogen-bond donors (Lipinski definition) is 8. The summed E-state index contributed by atoms with van der Waals surface area (Å²) in [6, 6.07) is 0. The lowest BCUT2D eigenvalue weighted by atomic mass is 9.82. The van der Waals surface area contributed by atoms with Crippen molar-refractivity contribution in [2.45, 2.75) is 229 Å². The summed E-state index contributed by atoms with van der Waals surface area (Å²) in [6.45, 7) is 2.80. The molecule has 0 aromatic heterocycles. The molecule has 64 heavy (non-hydrogen) atoms. The second kappa shape index (κ2) is 33.4. The fourth-order valence-electron chi connectivity index (χ4n) is 8.15. The molecule has 2 rings (SSSR count). The summed E-state index contributed by atoms with van der Waals surface area (Å²) in [6.07, 6.45) is 7.11. The molecule has 8 N–H and O–H groups in total. The van der Waals surface area contributed by atoms with Gasteiger partial charge in [-0.2, -0.15) is 0 Å². The van der Waals surface area contributed by atoms with E-state index in [1.807, 2.05) is 6.92 Å². The van der Waals surface area contributed by atoms with Crippen LogP contribution < -0.4 is 0 Å². The smallest absolute Gasteiger partial charge is 0.462 e. The van der Waals surface area contributed by atoms with Crippen molar-refractivity contribution in [1.29, 1.82) is 0 Å². The van der Waals surface area contributed by atoms with Crippen LogP contribution in [-0.2, 0) is 37.5 Å². The first-order valence-corrected chi connectivity index (χ1v) is 25.7. The van der Waals surface area contributed by atoms with Gasteiger partial charge in [0.2, 0.25) is 0 Å². The number of phosphoric acid groups is 1. The van der Waals surface area contributed by atoms with Crippen LogP contribution in [0.4, 0.5) is 0 Å². The highest BCUT2D eigenvalue weighted by Crippen LogP contribution is 2.47. The van der Waals surface area contributed by atoms with Gasteiger partial charge in [0, 0.05) is 25.2 Å². The lowest BCUT2D eigenvalue weighted by molar-refractivity contribution is -0.167. The molecule has 372 valence electrons. The molecule has 0 aromatic carbocycles. The number of ketones is 1. The molecule has 2 bridgehead atoms. The molecule has 0 spiro atoms. The predicted molar refractivity (Wildman–Crippen MR) is 241 cm³/mol. The van der Waals surface area contributed by atoms with E-state index in [1.54, 1.807) is 0 Å². The second-order valence-corrected chi connectivity index (χ2v) is 19.2. The van der Waals surface area contributed by atoms with Gasteiger partial charge in [0.15, 0.2) is 6.10 Å². The highest BCUT2D eigenvalue weighted by molar-refractivity contribution is 7.47. The van der Waals surface area contributed by atoms with Crippen LogP contribution in [0.3, 0.4) is 0 Å². The monoisotopic (exact) mass is 935 g/mol. The fourth-order valence-corrected chi connectivity index (χ4v) is 9.12. The van der Waals surface area contributed by atoms with E-state index < -0.39 is 112 Å². The number of phosphoric ester groups is 1. The number of hydrogen-bond acceptors (Lipinski definition) is 15. The third-order valence-electron chi connectivity index (χ3n) is 12.2. The number of aliphatic hydroxyl groups excluding tert-OH is 7. The predicted octanol–water partition coefficient (Wildman–Crippen LogP) is 6.20. The van der Waals surface area contributed by atoms with E-state index in [0.717, 1.165) is 70.3 Å². The molecule has 1 heterocycles. The topological polar surface area (TPSA) is 267 Å². The maximum absolute atomic E-state index is 13.7. The van der Waals surface area contributed by atoms with E-state index in [9.17, 15) is 59.6 Å². The van der Waals surface area contributed by atoms with Crippen molar-refractivity contribution in [2.75, 3.05) is 13.2 Å². The van der Waals surface area contributed by atoms with Gasteiger partial charge in [0.25, 0.3) is 0 Å². The molecular weight excluding hydrogens is 851 g/mol. The van der Waals surface area contributed by atoms with Crippen LogP contribution in [0.25, 0.3) is 0 Å². The number of carbonyl (C=O) groups excluding carboxylic acids is 3. The van der Waals surface area contributed by atoms with Crippen LogP contribution in [0.1, 0.15) is 174 Å². The zero-order valence-electron chi connectivity index (χ0n) is 38.5. The Morgan fingerprint density at radius 2 is 1.34 bits per heavy atom. The number of unbranched alkanes of at least 4 members (excludes halogenated alkanes) is 13. The molecule has 1 aliphatic heterocycles. The number of cyclic esters (lactones) is 1. The molecule has 16 nitrogen and oxygen atoms in total. The molecule has 2 aliphatic rings. The van der Waals surface area contributed by atoms with Crippen LogP contribution in [0, 0.1) is 11.8 Å². The molecular formula is C47H83O16P. The summed E-state index contributed by atoms with van der Waals surface area (Å²) in [4.78, 5) is 50.2. The van der Waals surface area contributed by atoms with Gasteiger partial charge < -0.3 is 50.1 Å². The van der Waals surface area contributed by atoms with Crippen LogP contribution in [0.2, 0.25) is 0 Å². The highest BCUT2D eigenvalue weighted by Gasteiger charge is 2.49. The molecule has 0 amide bonds. The van der Waals surface area contributed by atoms with Gasteiger partial charge in [-0.15, -0.1) is 0 Å². The number of allylic oxidation sites excluding steroid dienone is 2. The Labute approximate surface area is 381 Å². The van der Waals surface area contributed by atoms with Crippen molar-refractivity contribution in [3.05, 3.63) is 24.3 Å². The summed E-state index contributed by atoms with van der Waals surface area (Å²) >= 11 is 0. The average Bonchev–Trinajstić information content (AvgIpc) is 3.26. The molecule has 0 aromatic rings. The maximum atomic E-state index is 13.7. The minimum absolute atomic E-state index is 0.00284. The Morgan fingerprint density at radius 3 is 2.02 bits per heavy atom. The zero-order valence-corrected chi connectivity index (χ0v) is 39.4. The first-order valence-electron chi connectivity index (χ1n) is 24.2. The van der Waals surface area contributed by atoms with E-state index in [4.69, 9.17) is 18.5 Å².